The molecule has 0 aromatic heterocycles. The lowest BCUT2D eigenvalue weighted by Crippen LogP contribution is -2.41. The summed E-state index contributed by atoms with van der Waals surface area (Å²) >= 11 is 0. The van der Waals surface area contributed by atoms with E-state index in [2.05, 4.69) is 5.32 Å². The lowest BCUT2D eigenvalue weighted by Gasteiger charge is -2.08. The Morgan fingerprint density at radius 3 is 2.62 bits per heavy atom. The molecule has 0 unspecified atom stereocenters. The molecule has 0 aromatic carbocycles. The van der Waals surface area contributed by atoms with Gasteiger partial charge in [0.05, 0.1) is 12.0 Å². The Labute approximate surface area is 47.7 Å². The highest BCUT2D eigenvalue weighted by atomic mass is 16.4. The van der Waals surface area contributed by atoms with Crippen molar-refractivity contribution < 1.29 is 9.90 Å². The van der Waals surface area contributed by atoms with Gasteiger partial charge in [0.25, 0.3) is 0 Å². The molecular formula is C5H6NO2-. The number of carbonyl (C=O) groups excluding carboxylic acids is 1. The van der Waals surface area contributed by atoms with Gasteiger partial charge in [-0.05, 0) is 6.92 Å². The van der Waals surface area contributed by atoms with Gasteiger partial charge >= 0.3 is 0 Å². The topological polar surface area (TPSA) is 52.2 Å². The van der Waals surface area contributed by atoms with E-state index in [1.165, 1.54) is 6.92 Å². The van der Waals surface area contributed by atoms with Crippen molar-refractivity contribution in [2.45, 2.75) is 13.0 Å². The summed E-state index contributed by atoms with van der Waals surface area (Å²) in [4.78, 5) is 9.82. The standard InChI is InChI=1S/C5H7NO2/c1-3-6-4(2)5(7)8/h1,4,6H,2H3,(H,7,8)/p-1/t4-/m0/s1. The van der Waals surface area contributed by atoms with Crippen LogP contribution in [0.3, 0.4) is 0 Å². The highest BCUT2D eigenvalue weighted by molar-refractivity contribution is 5.70. The van der Waals surface area contributed by atoms with Crippen LogP contribution in [0.25, 0.3) is 0 Å². The molecule has 0 fully saturated rings. The molecule has 0 aliphatic rings. The average Bonchev–Trinajstić information content (AvgIpc) is 1.67. The first-order chi connectivity index (χ1) is 3.68. The van der Waals surface area contributed by atoms with Crippen molar-refractivity contribution in [2.24, 2.45) is 0 Å². The zero-order chi connectivity index (χ0) is 6.57. The second-order valence-electron chi connectivity index (χ2n) is 1.33. The van der Waals surface area contributed by atoms with Crippen molar-refractivity contribution in [3.8, 4) is 12.5 Å². The third kappa shape index (κ3) is 2.08. The Hall–Kier alpha value is -1.17. The SMILES string of the molecule is C#CN[C@@H](C)C(=O)[O-]. The Bertz CT molecular complexity index is 125. The van der Waals surface area contributed by atoms with Gasteiger partial charge in [-0.15, -0.1) is 0 Å². The van der Waals surface area contributed by atoms with Gasteiger partial charge in [-0.1, -0.05) is 6.42 Å². The summed E-state index contributed by atoms with van der Waals surface area (Å²) in [5, 5.41) is 12.0. The minimum atomic E-state index is -1.19. The van der Waals surface area contributed by atoms with Gasteiger partial charge < -0.3 is 15.2 Å². The number of hydrogen-bond donors (Lipinski definition) is 1. The highest BCUT2D eigenvalue weighted by Crippen LogP contribution is 1.72. The van der Waals surface area contributed by atoms with Crippen LogP contribution in [-0.4, -0.2) is 12.0 Å². The maximum absolute atomic E-state index is 9.82. The Kier molecular flexibility index (Phi) is 2.49. The first-order valence-electron chi connectivity index (χ1n) is 2.10. The van der Waals surface area contributed by atoms with Crippen molar-refractivity contribution in [3.63, 3.8) is 0 Å². The van der Waals surface area contributed by atoms with Crippen molar-refractivity contribution in [1.29, 1.82) is 0 Å². The van der Waals surface area contributed by atoms with E-state index in [0.29, 0.717) is 0 Å². The summed E-state index contributed by atoms with van der Waals surface area (Å²) in [6.07, 6.45) is 4.72. The third-order valence-corrected chi connectivity index (χ3v) is 0.653. The van der Waals surface area contributed by atoms with Crippen molar-refractivity contribution >= 4 is 5.97 Å². The first-order valence-corrected chi connectivity index (χ1v) is 2.10. The maximum Gasteiger partial charge on any atom is 0.0706 e. The fourth-order valence-electron chi connectivity index (χ4n) is 0.184. The number of aliphatic carboxylic acids is 1. The van der Waals surface area contributed by atoms with Gasteiger partial charge in [-0.3, -0.25) is 0 Å². The molecule has 0 saturated heterocycles. The van der Waals surface area contributed by atoms with E-state index in [-0.39, 0.29) is 0 Å². The molecule has 1 atom stereocenters. The minimum Gasteiger partial charge on any atom is -0.548 e. The smallest absolute Gasteiger partial charge is 0.0706 e. The number of rotatable bonds is 2. The number of nitrogens with one attached hydrogen (secondary N) is 1. The van der Waals surface area contributed by atoms with Gasteiger partial charge in [0.2, 0.25) is 0 Å². The van der Waals surface area contributed by atoms with Gasteiger partial charge in [-0.25, -0.2) is 0 Å². The summed E-state index contributed by atoms with van der Waals surface area (Å²) in [5.41, 5.74) is 0. The summed E-state index contributed by atoms with van der Waals surface area (Å²) < 4.78 is 0. The Morgan fingerprint density at radius 1 is 2.00 bits per heavy atom. The van der Waals surface area contributed by atoms with Crippen molar-refractivity contribution in [2.75, 3.05) is 0 Å². The minimum absolute atomic E-state index is 0.764. The molecule has 0 rings (SSSR count). The number of carboxylic acids is 1. The second-order valence-corrected chi connectivity index (χ2v) is 1.33. The van der Waals surface area contributed by atoms with Gasteiger partial charge in [0, 0.05) is 6.04 Å². The van der Waals surface area contributed by atoms with Crippen LogP contribution < -0.4 is 10.4 Å². The molecule has 44 valence electrons. The molecule has 8 heavy (non-hydrogen) atoms. The normalized spacial score (nSPS) is 11.5. The molecule has 0 aromatic rings. The molecule has 0 bridgehead atoms. The van der Waals surface area contributed by atoms with E-state index in [9.17, 15) is 9.90 Å². The van der Waals surface area contributed by atoms with Crippen LogP contribution in [0.5, 0.6) is 0 Å². The van der Waals surface area contributed by atoms with Crippen LogP contribution in [0, 0.1) is 12.5 Å². The number of carboxylic acid groups (broad SMARTS) is 1. The zero-order valence-corrected chi connectivity index (χ0v) is 4.47. The highest BCUT2D eigenvalue weighted by Gasteiger charge is 1.94. The largest absolute Gasteiger partial charge is 0.548 e. The van der Waals surface area contributed by atoms with Gasteiger partial charge in [0.1, 0.15) is 0 Å². The Balaban J connectivity index is 3.52. The maximum atomic E-state index is 9.82. The monoisotopic (exact) mass is 112 g/mol. The summed E-state index contributed by atoms with van der Waals surface area (Å²) in [5.74, 6) is -1.19. The van der Waals surface area contributed by atoms with E-state index < -0.39 is 12.0 Å². The van der Waals surface area contributed by atoms with Crippen molar-refractivity contribution in [1.82, 2.24) is 5.32 Å². The van der Waals surface area contributed by atoms with Crippen LogP contribution in [0.15, 0.2) is 0 Å². The van der Waals surface area contributed by atoms with E-state index >= 15 is 0 Å². The number of carbonyl (C=O) groups is 1. The molecule has 0 spiro atoms. The van der Waals surface area contributed by atoms with E-state index in [1.54, 1.807) is 0 Å². The Morgan fingerprint density at radius 2 is 2.50 bits per heavy atom. The predicted octanol–water partition coefficient (Wildman–Crippen LogP) is -1.69. The van der Waals surface area contributed by atoms with Crippen molar-refractivity contribution in [3.05, 3.63) is 0 Å². The second kappa shape index (κ2) is 2.92. The van der Waals surface area contributed by atoms with E-state index in [0.717, 1.165) is 0 Å². The predicted molar refractivity (Wildman–Crippen MR) is 26.4 cm³/mol. The van der Waals surface area contributed by atoms with Gasteiger partial charge in [0.15, 0.2) is 0 Å². The van der Waals surface area contributed by atoms with Crippen LogP contribution in [-0.2, 0) is 4.79 Å². The molecule has 0 aliphatic heterocycles. The third-order valence-electron chi connectivity index (χ3n) is 0.653. The summed E-state index contributed by atoms with van der Waals surface area (Å²) in [6.45, 7) is 1.41. The molecule has 0 heterocycles. The lowest BCUT2D eigenvalue weighted by atomic mass is 10.4. The van der Waals surface area contributed by atoms with Crippen LogP contribution in [0.1, 0.15) is 6.92 Å². The van der Waals surface area contributed by atoms with E-state index in [4.69, 9.17) is 6.42 Å². The van der Waals surface area contributed by atoms with Gasteiger partial charge in [-0.2, -0.15) is 0 Å². The summed E-state index contributed by atoms with van der Waals surface area (Å²) in [7, 11) is 0. The molecule has 0 amide bonds. The quantitative estimate of drug-likeness (QED) is 0.342. The molecular weight excluding hydrogens is 106 g/mol. The molecule has 0 radical (unpaired) electrons. The molecule has 3 heteroatoms. The van der Waals surface area contributed by atoms with Crippen LogP contribution >= 0.6 is 0 Å². The number of hydrogen-bond acceptors (Lipinski definition) is 3. The summed E-state index contributed by atoms with van der Waals surface area (Å²) in [6, 6.07) is 1.21. The lowest BCUT2D eigenvalue weighted by molar-refractivity contribution is -0.307. The molecule has 0 aliphatic carbocycles. The fraction of sp³-hybridized carbons (Fsp3) is 0.400. The van der Waals surface area contributed by atoms with Crippen LogP contribution in [0.2, 0.25) is 0 Å². The molecule has 1 N–H and O–H groups in total. The first kappa shape index (κ1) is 6.83. The fourth-order valence-corrected chi connectivity index (χ4v) is 0.184. The number of terminal acetylenes is 1. The molecule has 3 nitrogen and oxygen atoms in total. The zero-order valence-electron chi connectivity index (χ0n) is 4.47. The van der Waals surface area contributed by atoms with E-state index in [1.807, 2.05) is 6.04 Å². The van der Waals surface area contributed by atoms with Crippen LogP contribution in [0.4, 0.5) is 0 Å². The molecule has 0 saturated carbocycles. The average molecular weight is 112 g/mol.